The summed E-state index contributed by atoms with van der Waals surface area (Å²) in [6, 6.07) is 6.79. The normalized spacial score (nSPS) is 16.5. The van der Waals surface area contributed by atoms with Gasteiger partial charge in [-0.3, -0.25) is 14.5 Å². The maximum Gasteiger partial charge on any atom is 0.341 e. The molecule has 1 saturated heterocycles. The number of nitrogens with zero attached hydrogens (tertiary/aromatic N) is 3. The molecule has 2 heterocycles. The molecule has 182 valence electrons. The predicted octanol–water partition coefficient (Wildman–Crippen LogP) is 2.59. The molecule has 2 aliphatic rings. The van der Waals surface area contributed by atoms with Gasteiger partial charge in [0.15, 0.2) is 17.3 Å². The van der Waals surface area contributed by atoms with E-state index in [1.165, 1.54) is 24.4 Å². The van der Waals surface area contributed by atoms with Crippen LogP contribution in [0.4, 0.5) is 10.1 Å². The summed E-state index contributed by atoms with van der Waals surface area (Å²) in [5.74, 6) is -2.77. The zero-order chi connectivity index (χ0) is 24.9. The highest BCUT2D eigenvalue weighted by molar-refractivity contribution is 5.98. The lowest BCUT2D eigenvalue weighted by atomic mass is 10.1. The number of phenols is 2. The molecule has 3 N–H and O–H groups in total. The van der Waals surface area contributed by atoms with Crippen molar-refractivity contribution in [1.82, 2.24) is 9.47 Å². The minimum Gasteiger partial charge on any atom is -0.504 e. The van der Waals surface area contributed by atoms with Crippen LogP contribution in [0.15, 0.2) is 41.3 Å². The molecule has 1 aliphatic carbocycles. The van der Waals surface area contributed by atoms with Gasteiger partial charge < -0.3 is 24.8 Å². The molecule has 0 radical (unpaired) electrons. The van der Waals surface area contributed by atoms with Gasteiger partial charge in [-0.25, -0.2) is 9.18 Å². The second-order valence-electron chi connectivity index (χ2n) is 9.03. The van der Waals surface area contributed by atoms with Crippen LogP contribution in [0, 0.1) is 5.82 Å². The highest BCUT2D eigenvalue weighted by atomic mass is 19.1. The summed E-state index contributed by atoms with van der Waals surface area (Å²) in [6.45, 7) is 2.04. The molecule has 0 spiro atoms. The van der Waals surface area contributed by atoms with Crippen LogP contribution in [0.3, 0.4) is 0 Å². The maximum atomic E-state index is 15.1. The Morgan fingerprint density at radius 2 is 1.71 bits per heavy atom. The van der Waals surface area contributed by atoms with E-state index in [4.69, 9.17) is 0 Å². The largest absolute Gasteiger partial charge is 0.504 e. The molecular formula is C25H24FN3O6. The fourth-order valence-electron chi connectivity index (χ4n) is 4.55. The van der Waals surface area contributed by atoms with E-state index in [0.29, 0.717) is 42.9 Å². The first-order valence-corrected chi connectivity index (χ1v) is 11.4. The fraction of sp³-hybridized carbons (Fsp3) is 0.320. The van der Waals surface area contributed by atoms with E-state index in [-0.39, 0.29) is 40.8 Å². The van der Waals surface area contributed by atoms with Crippen molar-refractivity contribution in [1.29, 1.82) is 0 Å². The zero-order valence-electron chi connectivity index (χ0n) is 18.8. The topological polar surface area (TPSA) is 123 Å². The van der Waals surface area contributed by atoms with Crippen LogP contribution >= 0.6 is 0 Å². The SMILES string of the molecule is O=C(CN1CCN(c2cc3c(cc2F)c(=O)c(C(=O)O)cn3C2CC2)CC1)c1ccc(O)c(O)c1. The Morgan fingerprint density at radius 1 is 1.00 bits per heavy atom. The van der Waals surface area contributed by atoms with Gasteiger partial charge in [0.05, 0.1) is 17.7 Å². The van der Waals surface area contributed by atoms with Crippen LogP contribution in [0.25, 0.3) is 10.9 Å². The van der Waals surface area contributed by atoms with E-state index in [2.05, 4.69) is 0 Å². The van der Waals surface area contributed by atoms with E-state index in [1.54, 1.807) is 10.6 Å². The number of phenolic OH excluding ortho intramolecular Hbond substituents is 2. The summed E-state index contributed by atoms with van der Waals surface area (Å²) in [4.78, 5) is 40.5. The lowest BCUT2D eigenvalue weighted by molar-refractivity contribution is 0.0694. The third kappa shape index (κ3) is 4.32. The molecular weight excluding hydrogens is 457 g/mol. The Kier molecular flexibility index (Phi) is 5.68. The molecule has 1 saturated carbocycles. The van der Waals surface area contributed by atoms with E-state index in [0.717, 1.165) is 18.9 Å². The van der Waals surface area contributed by atoms with E-state index in [1.807, 2.05) is 9.80 Å². The van der Waals surface area contributed by atoms with Crippen LogP contribution in [-0.2, 0) is 0 Å². The summed E-state index contributed by atoms with van der Waals surface area (Å²) in [5, 5.41) is 28.5. The van der Waals surface area contributed by atoms with Crippen molar-refractivity contribution < 1.29 is 29.3 Å². The minimum absolute atomic E-state index is 0.0550. The average molecular weight is 481 g/mol. The monoisotopic (exact) mass is 481 g/mol. The maximum absolute atomic E-state index is 15.1. The zero-order valence-corrected chi connectivity index (χ0v) is 18.8. The molecule has 2 fully saturated rings. The van der Waals surface area contributed by atoms with Crippen molar-refractivity contribution in [2.45, 2.75) is 18.9 Å². The first-order chi connectivity index (χ1) is 16.7. The number of aromatic nitrogens is 1. The lowest BCUT2D eigenvalue weighted by Gasteiger charge is -2.36. The Bertz CT molecular complexity index is 1410. The van der Waals surface area contributed by atoms with Gasteiger partial charge >= 0.3 is 5.97 Å². The number of Topliss-reactive ketones (excluding diaryl/α,β-unsaturated/α-hetero) is 1. The first-order valence-electron chi connectivity index (χ1n) is 11.4. The molecule has 3 aromatic rings. The molecule has 5 rings (SSSR count). The Balaban J connectivity index is 1.35. The van der Waals surface area contributed by atoms with Crippen molar-refractivity contribution in [3.63, 3.8) is 0 Å². The Morgan fingerprint density at radius 3 is 2.34 bits per heavy atom. The number of carboxylic acid groups (broad SMARTS) is 1. The van der Waals surface area contributed by atoms with Crippen molar-refractivity contribution in [3.05, 3.63) is 63.7 Å². The number of hydrogen-bond acceptors (Lipinski definition) is 7. The highest BCUT2D eigenvalue weighted by Gasteiger charge is 2.29. The van der Waals surface area contributed by atoms with Gasteiger partial charge in [0, 0.05) is 49.4 Å². The van der Waals surface area contributed by atoms with Crippen LogP contribution in [-0.4, -0.2) is 69.3 Å². The molecule has 0 amide bonds. The van der Waals surface area contributed by atoms with Gasteiger partial charge in [-0.05, 0) is 43.2 Å². The van der Waals surface area contributed by atoms with Gasteiger partial charge in [-0.2, -0.15) is 0 Å². The third-order valence-corrected chi connectivity index (χ3v) is 6.65. The summed E-state index contributed by atoms with van der Waals surface area (Å²) >= 11 is 0. The van der Waals surface area contributed by atoms with E-state index < -0.39 is 17.2 Å². The molecule has 1 aliphatic heterocycles. The molecule has 10 heteroatoms. The van der Waals surface area contributed by atoms with Crippen LogP contribution in [0.5, 0.6) is 11.5 Å². The van der Waals surface area contributed by atoms with Crippen molar-refractivity contribution in [2.75, 3.05) is 37.6 Å². The number of fused-ring (bicyclic) bond motifs is 1. The number of pyridine rings is 1. The number of aromatic carboxylic acids is 1. The fourth-order valence-corrected chi connectivity index (χ4v) is 4.55. The Labute approximate surface area is 199 Å². The van der Waals surface area contributed by atoms with Gasteiger partial charge in [-0.1, -0.05) is 0 Å². The second kappa shape index (κ2) is 8.70. The average Bonchev–Trinajstić information content (AvgIpc) is 3.67. The molecule has 0 atom stereocenters. The molecule has 35 heavy (non-hydrogen) atoms. The molecule has 9 nitrogen and oxygen atoms in total. The van der Waals surface area contributed by atoms with Gasteiger partial charge in [0.25, 0.3) is 0 Å². The number of rotatable bonds is 6. The number of aromatic hydroxyl groups is 2. The van der Waals surface area contributed by atoms with Gasteiger partial charge in [0.2, 0.25) is 5.43 Å². The third-order valence-electron chi connectivity index (χ3n) is 6.65. The molecule has 0 unspecified atom stereocenters. The summed E-state index contributed by atoms with van der Waals surface area (Å²) in [6.07, 6.45) is 3.10. The standard InChI is InChI=1S/C25H24FN3O6/c26-18-10-16-19(29(15-2-3-15)12-17(24(16)33)25(34)35)11-20(18)28-7-5-27(6-8-28)13-23(32)14-1-4-21(30)22(31)9-14/h1,4,9-12,15,30-31H,2-3,5-8,13H2,(H,34,35). The van der Waals surface area contributed by atoms with Crippen LogP contribution in [0.2, 0.25) is 0 Å². The van der Waals surface area contributed by atoms with Gasteiger partial charge in [-0.15, -0.1) is 0 Å². The Hall–Kier alpha value is -3.92. The number of ketones is 1. The summed E-state index contributed by atoms with van der Waals surface area (Å²) < 4.78 is 16.9. The van der Waals surface area contributed by atoms with Crippen molar-refractivity contribution >= 4 is 28.3 Å². The minimum atomic E-state index is -1.33. The van der Waals surface area contributed by atoms with Gasteiger partial charge in [0.1, 0.15) is 11.4 Å². The smallest absolute Gasteiger partial charge is 0.341 e. The van der Waals surface area contributed by atoms with Crippen molar-refractivity contribution in [3.8, 4) is 11.5 Å². The quantitative estimate of drug-likeness (QED) is 0.363. The van der Waals surface area contributed by atoms with Crippen LogP contribution in [0.1, 0.15) is 39.6 Å². The van der Waals surface area contributed by atoms with Crippen molar-refractivity contribution in [2.24, 2.45) is 0 Å². The molecule has 1 aromatic heterocycles. The highest BCUT2D eigenvalue weighted by Crippen LogP contribution is 2.38. The molecule has 2 aromatic carbocycles. The number of benzene rings is 2. The number of anilines is 1. The number of carbonyl (C=O) groups is 2. The number of hydrogen-bond donors (Lipinski definition) is 3. The lowest BCUT2D eigenvalue weighted by Crippen LogP contribution is -2.48. The number of carbonyl (C=O) groups excluding carboxylic acids is 1. The van der Waals surface area contributed by atoms with E-state index in [9.17, 15) is 29.7 Å². The summed E-state index contributed by atoms with van der Waals surface area (Å²) in [5.41, 5.74) is 0.0877. The molecule has 0 bridgehead atoms. The van der Waals surface area contributed by atoms with E-state index >= 15 is 4.39 Å². The predicted molar refractivity (Wildman–Crippen MR) is 126 cm³/mol. The summed E-state index contributed by atoms with van der Waals surface area (Å²) in [7, 11) is 0. The number of piperazine rings is 1. The number of halogens is 1. The van der Waals surface area contributed by atoms with Crippen LogP contribution < -0.4 is 10.3 Å². The second-order valence-corrected chi connectivity index (χ2v) is 9.03. The first kappa shape index (κ1) is 22.9. The number of carboxylic acids is 1.